The van der Waals surface area contributed by atoms with Crippen LogP contribution in [0.4, 0.5) is 13.2 Å². The van der Waals surface area contributed by atoms with Crippen molar-refractivity contribution in [2.24, 2.45) is 0 Å². The van der Waals surface area contributed by atoms with E-state index >= 15 is 0 Å². The molecule has 1 aromatic carbocycles. The van der Waals surface area contributed by atoms with Crippen molar-refractivity contribution in [3.63, 3.8) is 0 Å². The summed E-state index contributed by atoms with van der Waals surface area (Å²) in [5.74, 6) is 0. The highest BCUT2D eigenvalue weighted by atomic mass is 19.4. The minimum atomic E-state index is -4.32. The second-order valence-corrected chi connectivity index (χ2v) is 4.73. The Labute approximate surface area is 111 Å². The summed E-state index contributed by atoms with van der Waals surface area (Å²) in [5, 5.41) is 13.1. The Morgan fingerprint density at radius 2 is 1.79 bits per heavy atom. The molecule has 5 heteroatoms. The lowest BCUT2D eigenvalue weighted by atomic mass is 9.97. The first-order valence-corrected chi connectivity index (χ1v) is 6.40. The lowest BCUT2D eigenvalue weighted by Gasteiger charge is -2.25. The van der Waals surface area contributed by atoms with Gasteiger partial charge in [-0.15, -0.1) is 0 Å². The highest BCUT2D eigenvalue weighted by Gasteiger charge is 2.30. The third-order valence-corrected chi connectivity index (χ3v) is 3.35. The van der Waals surface area contributed by atoms with E-state index in [9.17, 15) is 18.3 Å². The average molecular weight is 275 g/mol. The van der Waals surface area contributed by atoms with E-state index in [0.29, 0.717) is 31.5 Å². The van der Waals surface area contributed by atoms with E-state index in [4.69, 9.17) is 0 Å². The second-order valence-electron chi connectivity index (χ2n) is 4.73. The van der Waals surface area contributed by atoms with E-state index in [0.717, 1.165) is 12.1 Å². The molecule has 0 aliphatic rings. The Hall–Kier alpha value is -1.07. The Morgan fingerprint density at radius 1 is 1.16 bits per heavy atom. The van der Waals surface area contributed by atoms with Gasteiger partial charge in [-0.1, -0.05) is 32.0 Å². The molecule has 2 N–H and O–H groups in total. The molecule has 0 saturated heterocycles. The molecule has 0 atom stereocenters. The van der Waals surface area contributed by atoms with Crippen LogP contribution in [0.3, 0.4) is 0 Å². The molecule has 0 amide bonds. The molecule has 0 aromatic heterocycles. The lowest BCUT2D eigenvalue weighted by Crippen LogP contribution is -2.39. The fourth-order valence-corrected chi connectivity index (χ4v) is 1.80. The van der Waals surface area contributed by atoms with Crippen molar-refractivity contribution >= 4 is 0 Å². The molecule has 108 valence electrons. The Balaban J connectivity index is 2.59. The first-order chi connectivity index (χ1) is 8.80. The predicted octanol–water partition coefficient (Wildman–Crippen LogP) is 3.35. The Morgan fingerprint density at radius 3 is 2.32 bits per heavy atom. The van der Waals surface area contributed by atoms with Crippen LogP contribution < -0.4 is 5.32 Å². The van der Waals surface area contributed by atoms with Crippen molar-refractivity contribution in [2.75, 3.05) is 6.54 Å². The molecule has 19 heavy (non-hydrogen) atoms. The predicted molar refractivity (Wildman–Crippen MR) is 68.7 cm³/mol. The lowest BCUT2D eigenvalue weighted by molar-refractivity contribution is -0.137. The average Bonchev–Trinajstić information content (AvgIpc) is 2.38. The summed E-state index contributed by atoms with van der Waals surface area (Å²) in [6.07, 6.45) is -3.10. The topological polar surface area (TPSA) is 32.3 Å². The normalized spacial score (nSPS) is 12.7. The van der Waals surface area contributed by atoms with Crippen molar-refractivity contribution in [1.29, 1.82) is 0 Å². The summed E-state index contributed by atoms with van der Waals surface area (Å²) in [4.78, 5) is 0. The van der Waals surface area contributed by atoms with Gasteiger partial charge < -0.3 is 10.4 Å². The Bertz CT molecular complexity index is 400. The minimum Gasteiger partial charge on any atom is -0.389 e. The molecular weight excluding hydrogens is 255 g/mol. The van der Waals surface area contributed by atoms with Crippen LogP contribution in [0.1, 0.15) is 37.8 Å². The van der Waals surface area contributed by atoms with Gasteiger partial charge in [0.15, 0.2) is 0 Å². The molecule has 0 spiro atoms. The third kappa shape index (κ3) is 4.84. The highest BCUT2D eigenvalue weighted by molar-refractivity contribution is 5.25. The van der Waals surface area contributed by atoms with Crippen molar-refractivity contribution < 1.29 is 18.3 Å². The highest BCUT2D eigenvalue weighted by Crippen LogP contribution is 2.29. The number of halogens is 3. The zero-order chi connectivity index (χ0) is 14.5. The molecule has 0 radical (unpaired) electrons. The van der Waals surface area contributed by atoms with Gasteiger partial charge in [0.25, 0.3) is 0 Å². The molecule has 0 bridgehead atoms. The molecule has 1 aromatic rings. The van der Waals surface area contributed by atoms with Crippen LogP contribution in [-0.2, 0) is 12.7 Å². The number of benzene rings is 1. The SMILES string of the molecule is CCC(O)(CC)CNCc1cccc(C(F)(F)F)c1. The van der Waals surface area contributed by atoms with E-state index < -0.39 is 17.3 Å². The summed E-state index contributed by atoms with van der Waals surface area (Å²) < 4.78 is 37.6. The van der Waals surface area contributed by atoms with Crippen LogP contribution in [0.5, 0.6) is 0 Å². The van der Waals surface area contributed by atoms with Crippen LogP contribution in [0, 0.1) is 0 Å². The molecule has 0 saturated carbocycles. The maximum absolute atomic E-state index is 12.5. The van der Waals surface area contributed by atoms with Crippen molar-refractivity contribution in [1.82, 2.24) is 5.32 Å². The standard InChI is InChI=1S/C14H20F3NO/c1-3-13(19,4-2)10-18-9-11-6-5-7-12(8-11)14(15,16)17/h5-8,18-19H,3-4,9-10H2,1-2H3. The number of rotatable bonds is 6. The van der Waals surface area contributed by atoms with Gasteiger partial charge in [0.2, 0.25) is 0 Å². The van der Waals surface area contributed by atoms with Gasteiger partial charge in [-0.3, -0.25) is 0 Å². The molecule has 2 nitrogen and oxygen atoms in total. The fraction of sp³-hybridized carbons (Fsp3) is 0.571. The first-order valence-electron chi connectivity index (χ1n) is 6.40. The molecule has 0 fully saturated rings. The maximum atomic E-state index is 12.5. The van der Waals surface area contributed by atoms with E-state index in [2.05, 4.69) is 5.32 Å². The van der Waals surface area contributed by atoms with E-state index in [-0.39, 0.29) is 0 Å². The maximum Gasteiger partial charge on any atom is 0.416 e. The van der Waals surface area contributed by atoms with Gasteiger partial charge in [-0.25, -0.2) is 0 Å². The van der Waals surface area contributed by atoms with Crippen LogP contribution in [0.15, 0.2) is 24.3 Å². The van der Waals surface area contributed by atoms with Crippen LogP contribution in [0.25, 0.3) is 0 Å². The number of hydrogen-bond acceptors (Lipinski definition) is 2. The summed E-state index contributed by atoms with van der Waals surface area (Å²) in [7, 11) is 0. The molecule has 0 unspecified atom stereocenters. The van der Waals surface area contributed by atoms with Gasteiger partial charge in [0.1, 0.15) is 0 Å². The number of hydrogen-bond donors (Lipinski definition) is 2. The minimum absolute atomic E-state index is 0.312. The summed E-state index contributed by atoms with van der Waals surface area (Å²) in [6, 6.07) is 5.22. The number of aliphatic hydroxyl groups is 1. The van der Waals surface area contributed by atoms with Crippen LogP contribution in [-0.4, -0.2) is 17.3 Å². The third-order valence-electron chi connectivity index (χ3n) is 3.35. The van der Waals surface area contributed by atoms with Crippen LogP contribution >= 0.6 is 0 Å². The van der Waals surface area contributed by atoms with Gasteiger partial charge >= 0.3 is 6.18 Å². The van der Waals surface area contributed by atoms with E-state index in [1.807, 2.05) is 13.8 Å². The smallest absolute Gasteiger partial charge is 0.389 e. The molecular formula is C14H20F3NO. The van der Waals surface area contributed by atoms with Gasteiger partial charge in [0.05, 0.1) is 11.2 Å². The van der Waals surface area contributed by atoms with Gasteiger partial charge in [-0.2, -0.15) is 13.2 Å². The molecule has 0 aliphatic carbocycles. The molecule has 1 rings (SSSR count). The number of nitrogens with one attached hydrogen (secondary N) is 1. The molecule has 0 aliphatic heterocycles. The van der Waals surface area contributed by atoms with Crippen molar-refractivity contribution in [3.8, 4) is 0 Å². The van der Waals surface area contributed by atoms with Crippen LogP contribution in [0.2, 0.25) is 0 Å². The van der Waals surface area contributed by atoms with E-state index in [1.54, 1.807) is 6.07 Å². The monoisotopic (exact) mass is 275 g/mol. The number of alkyl halides is 3. The van der Waals surface area contributed by atoms with Crippen molar-refractivity contribution in [3.05, 3.63) is 35.4 Å². The first kappa shape index (κ1) is 16.0. The Kier molecular flexibility index (Phi) is 5.38. The fourth-order valence-electron chi connectivity index (χ4n) is 1.80. The van der Waals surface area contributed by atoms with Gasteiger partial charge in [-0.05, 0) is 24.5 Å². The summed E-state index contributed by atoms with van der Waals surface area (Å²) in [5.41, 5.74) is -0.876. The second kappa shape index (κ2) is 6.39. The summed E-state index contributed by atoms with van der Waals surface area (Å²) >= 11 is 0. The quantitative estimate of drug-likeness (QED) is 0.834. The van der Waals surface area contributed by atoms with Gasteiger partial charge in [0, 0.05) is 13.1 Å². The van der Waals surface area contributed by atoms with Crippen molar-refractivity contribution in [2.45, 2.75) is 45.0 Å². The largest absolute Gasteiger partial charge is 0.416 e. The zero-order valence-corrected chi connectivity index (χ0v) is 11.2. The molecule has 0 heterocycles. The summed E-state index contributed by atoms with van der Waals surface area (Å²) in [6.45, 7) is 4.45. The zero-order valence-electron chi connectivity index (χ0n) is 11.2. The van der Waals surface area contributed by atoms with E-state index in [1.165, 1.54) is 6.07 Å².